The van der Waals surface area contributed by atoms with Gasteiger partial charge < -0.3 is 16.0 Å². The Bertz CT molecular complexity index is 853. The molecule has 0 radical (unpaired) electrons. The van der Waals surface area contributed by atoms with Crippen molar-refractivity contribution in [1.82, 2.24) is 15.3 Å². The van der Waals surface area contributed by atoms with Crippen molar-refractivity contribution in [1.29, 1.82) is 0 Å². The van der Waals surface area contributed by atoms with E-state index in [1.807, 2.05) is 0 Å². The molecule has 4 rings (SSSR count). The molecule has 2 aromatic heterocycles. The number of nitrogens with zero attached hydrogens (tertiary/aromatic N) is 3. The third kappa shape index (κ3) is 3.43. The quantitative estimate of drug-likeness (QED) is 0.824. The molecule has 3 heterocycles. The summed E-state index contributed by atoms with van der Waals surface area (Å²) >= 11 is 1.73. The van der Waals surface area contributed by atoms with Crippen LogP contribution in [-0.4, -0.2) is 41.0 Å². The van der Waals surface area contributed by atoms with Gasteiger partial charge in [-0.25, -0.2) is 9.97 Å². The van der Waals surface area contributed by atoms with Crippen molar-refractivity contribution in [2.24, 2.45) is 17.6 Å². The van der Waals surface area contributed by atoms with Gasteiger partial charge >= 0.3 is 0 Å². The van der Waals surface area contributed by atoms with Gasteiger partial charge in [0.05, 0.1) is 10.9 Å². The van der Waals surface area contributed by atoms with Crippen molar-refractivity contribution >= 4 is 33.3 Å². The molecule has 0 bridgehead atoms. The molecule has 3 N–H and O–H groups in total. The molecule has 1 saturated carbocycles. The van der Waals surface area contributed by atoms with Gasteiger partial charge in [0, 0.05) is 30.4 Å². The summed E-state index contributed by atoms with van der Waals surface area (Å²) < 4.78 is 0. The van der Waals surface area contributed by atoms with E-state index in [1.54, 1.807) is 17.7 Å². The minimum Gasteiger partial charge on any atom is -0.356 e. The average Bonchev–Trinajstić information content (AvgIpc) is 3.49. The Morgan fingerprint density at radius 2 is 2.00 bits per heavy atom. The first-order chi connectivity index (χ1) is 12.9. The van der Waals surface area contributed by atoms with Crippen molar-refractivity contribution in [2.45, 2.75) is 52.0 Å². The van der Waals surface area contributed by atoms with Crippen molar-refractivity contribution in [2.75, 3.05) is 24.5 Å². The number of amides is 1. The fraction of sp³-hybridized carbons (Fsp3) is 0.650. The molecule has 2 aromatic rings. The van der Waals surface area contributed by atoms with Crippen molar-refractivity contribution in [3.8, 4) is 0 Å². The lowest BCUT2D eigenvalue weighted by atomic mass is 9.91. The summed E-state index contributed by atoms with van der Waals surface area (Å²) in [4.78, 5) is 26.5. The van der Waals surface area contributed by atoms with Crippen LogP contribution in [0.4, 0.5) is 5.82 Å². The molecule has 1 saturated heterocycles. The summed E-state index contributed by atoms with van der Waals surface area (Å²) in [7, 11) is 0. The molecule has 6 nitrogen and oxygen atoms in total. The minimum absolute atomic E-state index is 0.0634. The first-order valence-corrected chi connectivity index (χ1v) is 10.7. The highest BCUT2D eigenvalue weighted by Crippen LogP contribution is 2.39. The van der Waals surface area contributed by atoms with Crippen molar-refractivity contribution in [3.05, 3.63) is 16.8 Å². The second-order valence-corrected chi connectivity index (χ2v) is 9.51. The highest BCUT2D eigenvalue weighted by Gasteiger charge is 2.42. The second-order valence-electron chi connectivity index (χ2n) is 8.31. The number of carbonyl (C=O) groups is 1. The molecule has 2 fully saturated rings. The van der Waals surface area contributed by atoms with E-state index < -0.39 is 0 Å². The summed E-state index contributed by atoms with van der Waals surface area (Å²) in [5.74, 6) is 1.80. The maximum absolute atomic E-state index is 12.8. The van der Waals surface area contributed by atoms with Crippen LogP contribution in [0.2, 0.25) is 0 Å². The van der Waals surface area contributed by atoms with Crippen LogP contribution in [-0.2, 0) is 4.79 Å². The Kier molecular flexibility index (Phi) is 4.84. The topological polar surface area (TPSA) is 84.1 Å². The van der Waals surface area contributed by atoms with E-state index in [2.05, 4.69) is 41.0 Å². The maximum atomic E-state index is 12.8. The number of aryl methyl sites for hydroxylation is 2. The number of thiophene rings is 1. The van der Waals surface area contributed by atoms with Crippen LogP contribution in [0.1, 0.15) is 43.0 Å². The number of nitrogens with two attached hydrogens (primary N) is 1. The molecular weight excluding hydrogens is 358 g/mol. The smallest absolute Gasteiger partial charge is 0.223 e. The maximum Gasteiger partial charge on any atom is 0.223 e. The Hall–Kier alpha value is -1.73. The summed E-state index contributed by atoms with van der Waals surface area (Å²) in [6.45, 7) is 8.58. The number of nitrogens with one attached hydrogen (secondary N) is 1. The highest BCUT2D eigenvalue weighted by atomic mass is 32.1. The summed E-state index contributed by atoms with van der Waals surface area (Å²) in [5, 5.41) is 4.44. The number of fused-ring (bicyclic) bond motifs is 1. The lowest BCUT2D eigenvalue weighted by molar-refractivity contribution is -0.127. The van der Waals surface area contributed by atoms with E-state index in [9.17, 15) is 4.79 Å². The van der Waals surface area contributed by atoms with E-state index in [0.29, 0.717) is 12.5 Å². The summed E-state index contributed by atoms with van der Waals surface area (Å²) in [6.07, 6.45) is 5.72. The lowest BCUT2D eigenvalue weighted by Gasteiger charge is -2.36. The molecule has 1 aliphatic heterocycles. The van der Waals surface area contributed by atoms with Gasteiger partial charge in [0.25, 0.3) is 0 Å². The summed E-state index contributed by atoms with van der Waals surface area (Å²) in [5.41, 5.74) is 6.99. The first-order valence-electron chi connectivity index (χ1n) is 9.90. The SMILES string of the molecule is Cc1sc2ncnc(N3CCC(C(=O)NC(C)(CN)C4CC4)CC3)c2c1C. The van der Waals surface area contributed by atoms with Crippen LogP contribution in [0.15, 0.2) is 6.33 Å². The normalized spacial score (nSPS) is 20.7. The fourth-order valence-corrected chi connectivity index (χ4v) is 5.17. The standard InChI is InChI=1S/C20H29N5OS/c1-12-13(2)27-19-16(12)17(22-11-23-19)25-8-6-14(7-9-25)18(26)24-20(3,10-21)15-4-5-15/h11,14-15H,4-10,21H2,1-3H3,(H,24,26). The number of aromatic nitrogens is 2. The number of anilines is 1. The molecule has 7 heteroatoms. The number of rotatable bonds is 5. The molecule has 1 unspecified atom stereocenters. The van der Waals surface area contributed by atoms with Gasteiger partial charge in [-0.2, -0.15) is 0 Å². The second kappa shape index (κ2) is 7.02. The molecule has 146 valence electrons. The monoisotopic (exact) mass is 387 g/mol. The van der Waals surface area contributed by atoms with Gasteiger partial charge in [-0.3, -0.25) is 4.79 Å². The predicted octanol–water partition coefficient (Wildman–Crippen LogP) is 2.77. The molecule has 1 amide bonds. The molecule has 1 atom stereocenters. The van der Waals surface area contributed by atoms with Gasteiger partial charge in [-0.15, -0.1) is 11.3 Å². The van der Waals surface area contributed by atoms with Gasteiger partial charge in [0.15, 0.2) is 0 Å². The highest BCUT2D eigenvalue weighted by molar-refractivity contribution is 7.18. The Balaban J connectivity index is 1.44. The van der Waals surface area contributed by atoms with E-state index in [-0.39, 0.29) is 17.4 Å². The van der Waals surface area contributed by atoms with Crippen LogP contribution in [0, 0.1) is 25.7 Å². The van der Waals surface area contributed by atoms with E-state index >= 15 is 0 Å². The zero-order valence-corrected chi connectivity index (χ0v) is 17.2. The summed E-state index contributed by atoms with van der Waals surface area (Å²) in [6, 6.07) is 0. The molecule has 0 spiro atoms. The third-order valence-electron chi connectivity index (χ3n) is 6.42. The zero-order valence-electron chi connectivity index (χ0n) is 16.4. The van der Waals surface area contributed by atoms with Crippen LogP contribution >= 0.6 is 11.3 Å². The molecule has 0 aromatic carbocycles. The van der Waals surface area contributed by atoms with Crippen LogP contribution in [0.5, 0.6) is 0 Å². The third-order valence-corrected chi connectivity index (χ3v) is 7.54. The molecular formula is C20H29N5OS. The molecule has 1 aliphatic carbocycles. The Morgan fingerprint density at radius 1 is 1.30 bits per heavy atom. The largest absolute Gasteiger partial charge is 0.356 e. The van der Waals surface area contributed by atoms with Gasteiger partial charge in [0.1, 0.15) is 17.0 Å². The van der Waals surface area contributed by atoms with Crippen molar-refractivity contribution in [3.63, 3.8) is 0 Å². The Labute approximate surface area is 164 Å². The molecule has 27 heavy (non-hydrogen) atoms. The number of piperidine rings is 1. The fourth-order valence-electron chi connectivity index (χ4n) is 4.18. The van der Waals surface area contributed by atoms with Crippen LogP contribution in [0.25, 0.3) is 10.2 Å². The van der Waals surface area contributed by atoms with E-state index in [0.717, 1.165) is 36.6 Å². The predicted molar refractivity (Wildman–Crippen MR) is 110 cm³/mol. The first kappa shape index (κ1) is 18.6. The van der Waals surface area contributed by atoms with Gasteiger partial charge in [-0.1, -0.05) is 0 Å². The van der Waals surface area contributed by atoms with Crippen LogP contribution in [0.3, 0.4) is 0 Å². The number of carbonyl (C=O) groups excluding carboxylic acids is 1. The Morgan fingerprint density at radius 3 is 2.63 bits per heavy atom. The van der Waals surface area contributed by atoms with Gasteiger partial charge in [-0.05, 0) is 57.9 Å². The number of hydrogen-bond acceptors (Lipinski definition) is 6. The van der Waals surface area contributed by atoms with E-state index in [4.69, 9.17) is 5.73 Å². The van der Waals surface area contributed by atoms with Crippen LogP contribution < -0.4 is 16.0 Å². The molecule has 2 aliphatic rings. The zero-order chi connectivity index (χ0) is 19.2. The van der Waals surface area contributed by atoms with Crippen molar-refractivity contribution < 1.29 is 4.79 Å². The number of hydrogen-bond donors (Lipinski definition) is 2. The van der Waals surface area contributed by atoms with E-state index in [1.165, 1.54) is 28.7 Å². The average molecular weight is 388 g/mol. The minimum atomic E-state index is -0.238. The van der Waals surface area contributed by atoms with Gasteiger partial charge in [0.2, 0.25) is 5.91 Å². The lowest BCUT2D eigenvalue weighted by Crippen LogP contribution is -2.55.